The maximum absolute atomic E-state index is 6.06. The number of anilines is 1. The number of methoxy groups -OCH3 is 1. The summed E-state index contributed by atoms with van der Waals surface area (Å²) in [6.07, 6.45) is 0.991. The van der Waals surface area contributed by atoms with E-state index >= 15 is 0 Å². The highest BCUT2D eigenvalue weighted by Gasteiger charge is 2.01. The highest BCUT2D eigenvalue weighted by atomic mass is 35.5. The van der Waals surface area contributed by atoms with E-state index in [1.807, 2.05) is 24.3 Å². The van der Waals surface area contributed by atoms with E-state index < -0.39 is 0 Å². The number of hydrogen-bond acceptors (Lipinski definition) is 2. The third-order valence-electron chi connectivity index (χ3n) is 2.74. The SMILES string of the molecule is COc1ccc(NCCc2ccccc2)cc1Cl. The van der Waals surface area contributed by atoms with Crippen LogP contribution in [0, 0.1) is 0 Å². The number of halogens is 1. The van der Waals surface area contributed by atoms with Gasteiger partial charge < -0.3 is 10.1 Å². The molecule has 0 saturated heterocycles. The lowest BCUT2D eigenvalue weighted by molar-refractivity contribution is 0.415. The summed E-state index contributed by atoms with van der Waals surface area (Å²) in [6, 6.07) is 16.1. The van der Waals surface area contributed by atoms with Crippen LogP contribution in [-0.4, -0.2) is 13.7 Å². The van der Waals surface area contributed by atoms with E-state index in [0.29, 0.717) is 10.8 Å². The Hall–Kier alpha value is -1.67. The van der Waals surface area contributed by atoms with Gasteiger partial charge in [0.05, 0.1) is 12.1 Å². The molecule has 0 aliphatic carbocycles. The van der Waals surface area contributed by atoms with Crippen LogP contribution >= 0.6 is 11.6 Å². The molecule has 0 heterocycles. The molecule has 2 rings (SSSR count). The Balaban J connectivity index is 1.89. The van der Waals surface area contributed by atoms with Crippen molar-refractivity contribution < 1.29 is 4.74 Å². The molecule has 0 amide bonds. The molecule has 0 radical (unpaired) electrons. The third-order valence-corrected chi connectivity index (χ3v) is 3.03. The van der Waals surface area contributed by atoms with Crippen molar-refractivity contribution >= 4 is 17.3 Å². The first-order chi connectivity index (χ1) is 8.79. The fraction of sp³-hybridized carbons (Fsp3) is 0.200. The Morgan fingerprint density at radius 1 is 1.11 bits per heavy atom. The third kappa shape index (κ3) is 3.41. The summed E-state index contributed by atoms with van der Waals surface area (Å²) >= 11 is 6.06. The van der Waals surface area contributed by atoms with Gasteiger partial charge in [-0.3, -0.25) is 0 Å². The first-order valence-corrected chi connectivity index (χ1v) is 6.29. The lowest BCUT2D eigenvalue weighted by atomic mass is 10.1. The van der Waals surface area contributed by atoms with Crippen molar-refractivity contribution in [2.24, 2.45) is 0 Å². The van der Waals surface area contributed by atoms with Gasteiger partial charge in [0.25, 0.3) is 0 Å². The topological polar surface area (TPSA) is 21.3 Å². The van der Waals surface area contributed by atoms with Crippen molar-refractivity contribution in [2.45, 2.75) is 6.42 Å². The predicted octanol–water partition coefficient (Wildman–Crippen LogP) is 4.00. The molecule has 2 aromatic carbocycles. The van der Waals surface area contributed by atoms with Crippen LogP contribution in [0.2, 0.25) is 5.02 Å². The zero-order valence-electron chi connectivity index (χ0n) is 10.3. The normalized spacial score (nSPS) is 10.1. The summed E-state index contributed by atoms with van der Waals surface area (Å²) in [7, 11) is 1.61. The smallest absolute Gasteiger partial charge is 0.137 e. The first-order valence-electron chi connectivity index (χ1n) is 5.91. The van der Waals surface area contributed by atoms with Gasteiger partial charge in [-0.15, -0.1) is 0 Å². The first kappa shape index (κ1) is 12.8. The van der Waals surface area contributed by atoms with E-state index in [0.717, 1.165) is 18.7 Å². The van der Waals surface area contributed by atoms with Crippen LogP contribution in [0.15, 0.2) is 48.5 Å². The zero-order valence-corrected chi connectivity index (χ0v) is 11.1. The quantitative estimate of drug-likeness (QED) is 0.878. The molecule has 0 aliphatic rings. The lowest BCUT2D eigenvalue weighted by Gasteiger charge is -2.09. The lowest BCUT2D eigenvalue weighted by Crippen LogP contribution is -2.04. The molecule has 0 saturated carbocycles. The molecule has 0 bridgehead atoms. The van der Waals surface area contributed by atoms with Gasteiger partial charge >= 0.3 is 0 Å². The van der Waals surface area contributed by atoms with Crippen LogP contribution in [0.4, 0.5) is 5.69 Å². The average molecular weight is 262 g/mol. The summed E-state index contributed by atoms with van der Waals surface area (Å²) in [5, 5.41) is 3.97. The van der Waals surface area contributed by atoms with E-state index in [1.165, 1.54) is 5.56 Å². The van der Waals surface area contributed by atoms with E-state index in [2.05, 4.69) is 29.6 Å². The summed E-state index contributed by atoms with van der Waals surface area (Å²) in [6.45, 7) is 0.882. The second kappa shape index (κ2) is 6.31. The van der Waals surface area contributed by atoms with Crippen LogP contribution in [0.25, 0.3) is 0 Å². The minimum atomic E-state index is 0.627. The average Bonchev–Trinajstić information content (AvgIpc) is 2.40. The number of rotatable bonds is 5. The minimum Gasteiger partial charge on any atom is -0.495 e. The maximum atomic E-state index is 6.06. The minimum absolute atomic E-state index is 0.627. The number of ether oxygens (including phenoxy) is 1. The van der Waals surface area contributed by atoms with Gasteiger partial charge in [-0.05, 0) is 30.2 Å². The Bertz CT molecular complexity index is 499. The van der Waals surface area contributed by atoms with Crippen LogP contribution in [0.1, 0.15) is 5.56 Å². The van der Waals surface area contributed by atoms with Crippen LogP contribution in [0.3, 0.4) is 0 Å². The predicted molar refractivity (Wildman–Crippen MR) is 76.6 cm³/mol. The number of hydrogen-bond donors (Lipinski definition) is 1. The van der Waals surface area contributed by atoms with E-state index in [1.54, 1.807) is 7.11 Å². The molecule has 2 aromatic rings. The molecule has 0 fully saturated rings. The van der Waals surface area contributed by atoms with Crippen LogP contribution < -0.4 is 10.1 Å². The van der Waals surface area contributed by atoms with Gasteiger partial charge in [0, 0.05) is 12.2 Å². The molecule has 0 unspecified atom stereocenters. The van der Waals surface area contributed by atoms with Gasteiger partial charge in [-0.2, -0.15) is 0 Å². The number of nitrogens with one attached hydrogen (secondary N) is 1. The Kier molecular flexibility index (Phi) is 4.48. The molecular formula is C15H16ClNO. The molecule has 94 valence electrons. The fourth-order valence-corrected chi connectivity index (χ4v) is 2.03. The van der Waals surface area contributed by atoms with Crippen molar-refractivity contribution in [3.63, 3.8) is 0 Å². The second-order valence-electron chi connectivity index (χ2n) is 4.01. The van der Waals surface area contributed by atoms with Crippen molar-refractivity contribution in [1.29, 1.82) is 0 Å². The Morgan fingerprint density at radius 2 is 1.89 bits per heavy atom. The van der Waals surface area contributed by atoms with E-state index in [4.69, 9.17) is 16.3 Å². The highest BCUT2D eigenvalue weighted by molar-refractivity contribution is 6.32. The fourth-order valence-electron chi connectivity index (χ4n) is 1.77. The largest absolute Gasteiger partial charge is 0.495 e. The molecular weight excluding hydrogens is 246 g/mol. The van der Waals surface area contributed by atoms with Gasteiger partial charge in [0.15, 0.2) is 0 Å². The maximum Gasteiger partial charge on any atom is 0.137 e. The van der Waals surface area contributed by atoms with Gasteiger partial charge in [0.2, 0.25) is 0 Å². The zero-order chi connectivity index (χ0) is 12.8. The molecule has 3 heteroatoms. The molecule has 18 heavy (non-hydrogen) atoms. The highest BCUT2D eigenvalue weighted by Crippen LogP contribution is 2.27. The second-order valence-corrected chi connectivity index (χ2v) is 4.42. The van der Waals surface area contributed by atoms with Gasteiger partial charge in [-0.1, -0.05) is 41.9 Å². The number of benzene rings is 2. The van der Waals surface area contributed by atoms with Crippen LogP contribution in [-0.2, 0) is 6.42 Å². The summed E-state index contributed by atoms with van der Waals surface area (Å²) in [5.74, 6) is 0.699. The van der Waals surface area contributed by atoms with Gasteiger partial charge in [-0.25, -0.2) is 0 Å². The Morgan fingerprint density at radius 3 is 2.56 bits per heavy atom. The molecule has 1 N–H and O–H groups in total. The molecule has 2 nitrogen and oxygen atoms in total. The van der Waals surface area contributed by atoms with E-state index in [-0.39, 0.29) is 0 Å². The molecule has 0 aromatic heterocycles. The summed E-state index contributed by atoms with van der Waals surface area (Å²) in [4.78, 5) is 0. The molecule has 0 atom stereocenters. The van der Waals surface area contributed by atoms with Crippen molar-refractivity contribution in [3.8, 4) is 5.75 Å². The Labute approximate surface area is 113 Å². The monoisotopic (exact) mass is 261 g/mol. The van der Waals surface area contributed by atoms with Crippen LogP contribution in [0.5, 0.6) is 5.75 Å². The van der Waals surface area contributed by atoms with Crippen molar-refractivity contribution in [3.05, 3.63) is 59.1 Å². The summed E-state index contributed by atoms with van der Waals surface area (Å²) < 4.78 is 5.11. The van der Waals surface area contributed by atoms with Gasteiger partial charge in [0.1, 0.15) is 5.75 Å². The molecule has 0 aliphatic heterocycles. The van der Waals surface area contributed by atoms with E-state index in [9.17, 15) is 0 Å². The van der Waals surface area contributed by atoms with Crippen molar-refractivity contribution in [2.75, 3.05) is 19.0 Å². The van der Waals surface area contributed by atoms with Crippen molar-refractivity contribution in [1.82, 2.24) is 0 Å². The molecule has 0 spiro atoms. The standard InChI is InChI=1S/C15H16ClNO/c1-18-15-8-7-13(11-14(15)16)17-10-9-12-5-3-2-4-6-12/h2-8,11,17H,9-10H2,1H3. The summed E-state index contributed by atoms with van der Waals surface area (Å²) in [5.41, 5.74) is 2.33.